The molecule has 3 amide bonds. The molecule has 1 fully saturated rings. The number of amides is 3. The molecule has 1 aliphatic heterocycles. The maximum atomic E-state index is 13.9. The summed E-state index contributed by atoms with van der Waals surface area (Å²) in [6.07, 6.45) is -1.30. The molecule has 43 heavy (non-hydrogen) atoms. The molecule has 1 saturated heterocycles. The summed E-state index contributed by atoms with van der Waals surface area (Å²) in [4.78, 5) is 42.0. The highest BCUT2D eigenvalue weighted by atomic mass is 32.2. The van der Waals surface area contributed by atoms with Crippen molar-refractivity contribution < 1.29 is 19.5 Å². The molecule has 0 spiro atoms. The largest absolute Gasteiger partial charge is 0.381 e. The Morgan fingerprint density at radius 1 is 0.930 bits per heavy atom. The Morgan fingerprint density at radius 3 is 2.23 bits per heavy atom. The summed E-state index contributed by atoms with van der Waals surface area (Å²) in [6, 6.07) is 21.5. The van der Waals surface area contributed by atoms with Gasteiger partial charge in [0.1, 0.15) is 6.04 Å². The van der Waals surface area contributed by atoms with Crippen molar-refractivity contribution in [2.24, 2.45) is 0 Å². The second-order valence-corrected chi connectivity index (χ2v) is 13.3. The quantitative estimate of drug-likeness (QED) is 0.263. The minimum absolute atomic E-state index is 0.0194. The monoisotopic (exact) mass is 602 g/mol. The van der Waals surface area contributed by atoms with E-state index in [0.29, 0.717) is 6.54 Å². The number of nitrogens with zero attached hydrogens (tertiary/aromatic N) is 1. The lowest BCUT2D eigenvalue weighted by Crippen LogP contribution is -2.59. The molecular weight excluding hydrogens is 560 g/mol. The topological polar surface area (TPSA) is 111 Å². The first-order valence-corrected chi connectivity index (χ1v) is 15.5. The number of carbonyl (C=O) groups is 3. The van der Waals surface area contributed by atoms with Gasteiger partial charge in [-0.25, -0.2) is 0 Å². The van der Waals surface area contributed by atoms with Crippen molar-refractivity contribution in [3.05, 3.63) is 101 Å². The maximum Gasteiger partial charge on any atom is 0.254 e. The molecular formula is C34H42N4O4S. The number of para-hydroxylation sites is 1. The summed E-state index contributed by atoms with van der Waals surface area (Å²) in [6.45, 7) is 10.1. The third-order valence-corrected chi connectivity index (χ3v) is 9.35. The van der Waals surface area contributed by atoms with E-state index in [2.05, 4.69) is 16.0 Å². The molecule has 0 bridgehead atoms. The van der Waals surface area contributed by atoms with E-state index in [0.717, 1.165) is 33.5 Å². The number of hydrogen-bond donors (Lipinski definition) is 4. The third kappa shape index (κ3) is 7.97. The summed E-state index contributed by atoms with van der Waals surface area (Å²) >= 11 is 1.49. The predicted octanol–water partition coefficient (Wildman–Crippen LogP) is 4.11. The van der Waals surface area contributed by atoms with Crippen molar-refractivity contribution in [1.29, 1.82) is 0 Å². The van der Waals surface area contributed by atoms with Gasteiger partial charge in [0.05, 0.1) is 18.5 Å². The van der Waals surface area contributed by atoms with Crippen LogP contribution in [0.5, 0.6) is 0 Å². The van der Waals surface area contributed by atoms with Gasteiger partial charge in [-0.05, 0) is 68.9 Å². The predicted molar refractivity (Wildman–Crippen MR) is 173 cm³/mol. The molecule has 0 radical (unpaired) electrons. The van der Waals surface area contributed by atoms with Crippen LogP contribution in [0.25, 0.3) is 0 Å². The van der Waals surface area contributed by atoms with E-state index in [1.54, 1.807) is 0 Å². The third-order valence-electron chi connectivity index (χ3n) is 7.98. The minimum atomic E-state index is -1.55. The smallest absolute Gasteiger partial charge is 0.254 e. The molecule has 228 valence electrons. The Hall–Kier alpha value is -3.82. The molecule has 3 atom stereocenters. The summed E-state index contributed by atoms with van der Waals surface area (Å²) in [5.74, 6) is -0.955. The first-order chi connectivity index (χ1) is 20.5. The molecule has 1 aliphatic rings. The lowest BCUT2D eigenvalue weighted by molar-refractivity contribution is -0.147. The summed E-state index contributed by atoms with van der Waals surface area (Å²) < 4.78 is -0.571. The Bertz CT molecular complexity index is 1430. The molecule has 4 N–H and O–H groups in total. The van der Waals surface area contributed by atoms with Crippen LogP contribution in [-0.4, -0.2) is 63.1 Å². The van der Waals surface area contributed by atoms with Crippen LogP contribution in [0.1, 0.15) is 41.7 Å². The molecule has 9 heteroatoms. The lowest BCUT2D eigenvalue weighted by atomic mass is 9.97. The fourth-order valence-corrected chi connectivity index (χ4v) is 6.61. The number of rotatable bonds is 11. The van der Waals surface area contributed by atoms with Gasteiger partial charge >= 0.3 is 0 Å². The highest BCUT2D eigenvalue weighted by molar-refractivity contribution is 8.00. The van der Waals surface area contributed by atoms with Crippen molar-refractivity contribution in [1.82, 2.24) is 15.5 Å². The van der Waals surface area contributed by atoms with Crippen LogP contribution >= 0.6 is 11.8 Å². The van der Waals surface area contributed by atoms with Crippen molar-refractivity contribution in [3.8, 4) is 0 Å². The fourth-order valence-electron chi connectivity index (χ4n) is 5.47. The number of benzene rings is 3. The van der Waals surface area contributed by atoms with Crippen LogP contribution in [0.2, 0.25) is 0 Å². The maximum absolute atomic E-state index is 13.9. The molecule has 4 rings (SSSR count). The van der Waals surface area contributed by atoms with Crippen LogP contribution in [0.4, 0.5) is 5.69 Å². The molecule has 0 saturated carbocycles. The van der Waals surface area contributed by atoms with E-state index in [9.17, 15) is 19.5 Å². The Kier molecular flexibility index (Phi) is 10.5. The van der Waals surface area contributed by atoms with Crippen LogP contribution in [-0.2, 0) is 27.3 Å². The van der Waals surface area contributed by atoms with Crippen molar-refractivity contribution >= 4 is 35.2 Å². The van der Waals surface area contributed by atoms with Gasteiger partial charge in [-0.2, -0.15) is 0 Å². The van der Waals surface area contributed by atoms with Crippen LogP contribution in [0.15, 0.2) is 72.8 Å². The summed E-state index contributed by atoms with van der Waals surface area (Å²) in [5.41, 5.74) is 5.85. The van der Waals surface area contributed by atoms with Crippen LogP contribution in [0.3, 0.4) is 0 Å². The summed E-state index contributed by atoms with van der Waals surface area (Å²) in [5, 5.41) is 20.5. The molecule has 3 aromatic rings. The standard InChI is InChI=1S/C34H42N4O4S/c1-22-12-9-10-17-26(22)19-36-32(41)31-34(4,5)43-21-38(31)33(42)30(40)27(18-25-15-7-6-8-16-25)37-28(39)20-35-29-23(2)13-11-14-24(29)3/h6-17,27,30-31,35,40H,18-21H2,1-5H3,(H,36,41)(H,37,39). The average molecular weight is 603 g/mol. The van der Waals surface area contributed by atoms with E-state index < -0.39 is 28.8 Å². The SMILES string of the molecule is Cc1ccccc1CNC(=O)C1N(C(=O)C(O)C(Cc2ccccc2)NC(=O)CNc2c(C)cccc2C)CSC1(C)C. The Morgan fingerprint density at radius 2 is 1.56 bits per heavy atom. The lowest BCUT2D eigenvalue weighted by Gasteiger charge is -2.33. The normalized spacial score (nSPS) is 17.2. The molecule has 3 unspecified atom stereocenters. The Labute approximate surface area is 258 Å². The second-order valence-electron chi connectivity index (χ2n) is 11.7. The van der Waals surface area contributed by atoms with Crippen molar-refractivity contribution in [3.63, 3.8) is 0 Å². The number of aliphatic hydroxyl groups excluding tert-OH is 1. The number of nitrogens with one attached hydrogen (secondary N) is 3. The highest BCUT2D eigenvalue weighted by Crippen LogP contribution is 2.40. The van der Waals surface area contributed by atoms with E-state index in [1.165, 1.54) is 16.7 Å². The Balaban J connectivity index is 1.49. The number of aliphatic hydroxyl groups is 1. The first kappa shape index (κ1) is 32.1. The number of anilines is 1. The van der Waals surface area contributed by atoms with Gasteiger partial charge in [-0.1, -0.05) is 72.8 Å². The van der Waals surface area contributed by atoms with Gasteiger partial charge < -0.3 is 26.0 Å². The number of aryl methyl sites for hydroxylation is 3. The van der Waals surface area contributed by atoms with Gasteiger partial charge in [-0.3, -0.25) is 14.4 Å². The average Bonchev–Trinajstić information content (AvgIpc) is 3.30. The number of thioether (sulfide) groups is 1. The van der Waals surface area contributed by atoms with Gasteiger partial charge in [0.15, 0.2) is 6.10 Å². The zero-order chi connectivity index (χ0) is 31.1. The van der Waals surface area contributed by atoms with Gasteiger partial charge in [0.25, 0.3) is 5.91 Å². The van der Waals surface area contributed by atoms with Crippen molar-refractivity contribution in [2.75, 3.05) is 17.7 Å². The number of hydrogen-bond acceptors (Lipinski definition) is 6. The van der Waals surface area contributed by atoms with Crippen molar-refractivity contribution in [2.45, 2.75) is 70.5 Å². The minimum Gasteiger partial charge on any atom is -0.381 e. The zero-order valence-electron chi connectivity index (χ0n) is 25.5. The van der Waals surface area contributed by atoms with Gasteiger partial charge in [-0.15, -0.1) is 11.8 Å². The second kappa shape index (κ2) is 14.1. The first-order valence-electron chi connectivity index (χ1n) is 14.6. The zero-order valence-corrected chi connectivity index (χ0v) is 26.3. The van der Waals surface area contributed by atoms with E-state index in [1.807, 2.05) is 107 Å². The molecule has 1 heterocycles. The number of carbonyl (C=O) groups excluding carboxylic acids is 3. The van der Waals surface area contributed by atoms with E-state index in [4.69, 9.17) is 0 Å². The van der Waals surface area contributed by atoms with Gasteiger partial charge in [0, 0.05) is 17.0 Å². The molecule has 8 nitrogen and oxygen atoms in total. The van der Waals surface area contributed by atoms with Gasteiger partial charge in [0.2, 0.25) is 11.8 Å². The molecule has 0 aliphatic carbocycles. The summed E-state index contributed by atoms with van der Waals surface area (Å²) in [7, 11) is 0. The highest BCUT2D eigenvalue weighted by Gasteiger charge is 2.49. The molecule has 3 aromatic carbocycles. The van der Waals surface area contributed by atoms with Crippen LogP contribution < -0.4 is 16.0 Å². The van der Waals surface area contributed by atoms with Crippen LogP contribution in [0, 0.1) is 20.8 Å². The fraction of sp³-hybridized carbons (Fsp3) is 0.382. The molecule has 0 aromatic heterocycles. The van der Waals surface area contributed by atoms with E-state index >= 15 is 0 Å². The van der Waals surface area contributed by atoms with E-state index in [-0.39, 0.29) is 30.7 Å².